The predicted molar refractivity (Wildman–Crippen MR) is 101 cm³/mol. The minimum atomic E-state index is -0.471. The van der Waals surface area contributed by atoms with Crippen molar-refractivity contribution in [2.75, 3.05) is 13.1 Å². The number of amides is 1. The van der Waals surface area contributed by atoms with E-state index in [0.717, 1.165) is 29.1 Å². The number of carbonyl (C=O) groups excluding carboxylic acids is 1. The van der Waals surface area contributed by atoms with E-state index >= 15 is 0 Å². The Labute approximate surface area is 155 Å². The van der Waals surface area contributed by atoms with Crippen molar-refractivity contribution < 1.29 is 10.0 Å². The molecule has 0 spiro atoms. The molecule has 0 radical (unpaired) electrons. The summed E-state index contributed by atoms with van der Waals surface area (Å²) in [6, 6.07) is 11.1. The fourth-order valence-corrected chi connectivity index (χ4v) is 3.98. The van der Waals surface area contributed by atoms with Gasteiger partial charge in [-0.1, -0.05) is 18.2 Å². The first-order valence-corrected chi connectivity index (χ1v) is 9.18. The van der Waals surface area contributed by atoms with Crippen molar-refractivity contribution in [2.24, 2.45) is 10.2 Å². The average molecular weight is 371 g/mol. The molecule has 0 saturated carbocycles. The van der Waals surface area contributed by atoms with E-state index in [4.69, 9.17) is 10.6 Å². The standard InChI is InChI=1S/C18H21N5O2S/c1-12(19)15(21-20-14-5-3-2-4-6-14)10-23-8-7-13-9-16(18(24)22-25)26-17(13)11-23/h2-6,9,15,19,25H,7-8,10-11H2,1H3,(H,22,24). The van der Waals surface area contributed by atoms with E-state index in [1.807, 2.05) is 36.4 Å². The van der Waals surface area contributed by atoms with Gasteiger partial charge in [0.25, 0.3) is 5.91 Å². The number of fused-ring (bicyclic) bond motifs is 1. The first kappa shape index (κ1) is 18.4. The van der Waals surface area contributed by atoms with Gasteiger partial charge >= 0.3 is 0 Å². The molecule has 1 atom stereocenters. The molecule has 8 heteroatoms. The molecule has 0 bridgehead atoms. The van der Waals surface area contributed by atoms with Gasteiger partial charge < -0.3 is 5.41 Å². The highest BCUT2D eigenvalue weighted by Gasteiger charge is 2.24. The molecule has 136 valence electrons. The number of thiophene rings is 1. The van der Waals surface area contributed by atoms with Gasteiger partial charge in [0.1, 0.15) is 6.04 Å². The second-order valence-corrected chi connectivity index (χ2v) is 7.37. The van der Waals surface area contributed by atoms with Gasteiger partial charge in [0.05, 0.1) is 10.6 Å². The van der Waals surface area contributed by atoms with Gasteiger partial charge in [-0.25, -0.2) is 5.48 Å². The maximum atomic E-state index is 11.6. The van der Waals surface area contributed by atoms with Crippen molar-refractivity contribution in [2.45, 2.75) is 25.9 Å². The van der Waals surface area contributed by atoms with Crippen LogP contribution in [0.25, 0.3) is 0 Å². The number of benzene rings is 1. The SMILES string of the molecule is CC(=N)C(CN1CCc2cc(C(=O)NO)sc2C1)N=Nc1ccccc1. The predicted octanol–water partition coefficient (Wildman–Crippen LogP) is 3.42. The molecule has 0 aliphatic carbocycles. The summed E-state index contributed by atoms with van der Waals surface area (Å²) >= 11 is 1.40. The second kappa shape index (κ2) is 8.31. The van der Waals surface area contributed by atoms with Crippen LogP contribution in [-0.4, -0.2) is 40.9 Å². The Balaban J connectivity index is 1.67. The summed E-state index contributed by atoms with van der Waals surface area (Å²) in [6.45, 7) is 3.92. The van der Waals surface area contributed by atoms with Crippen LogP contribution in [0.2, 0.25) is 0 Å². The van der Waals surface area contributed by atoms with Crippen molar-refractivity contribution in [3.05, 3.63) is 51.7 Å². The maximum Gasteiger partial charge on any atom is 0.284 e. The lowest BCUT2D eigenvalue weighted by Crippen LogP contribution is -2.37. The van der Waals surface area contributed by atoms with E-state index in [2.05, 4.69) is 15.1 Å². The Morgan fingerprint density at radius 1 is 1.42 bits per heavy atom. The van der Waals surface area contributed by atoms with Crippen LogP contribution in [0.3, 0.4) is 0 Å². The minimum absolute atomic E-state index is 0.295. The molecule has 1 amide bonds. The van der Waals surface area contributed by atoms with Crippen LogP contribution in [-0.2, 0) is 13.0 Å². The van der Waals surface area contributed by atoms with Crippen LogP contribution >= 0.6 is 11.3 Å². The number of rotatable bonds is 6. The summed E-state index contributed by atoms with van der Waals surface area (Å²) in [7, 11) is 0. The third kappa shape index (κ3) is 4.40. The number of hydrogen-bond acceptors (Lipinski definition) is 7. The Kier molecular flexibility index (Phi) is 5.87. The molecule has 1 aromatic carbocycles. The summed E-state index contributed by atoms with van der Waals surface area (Å²) in [4.78, 5) is 15.4. The molecule has 1 aromatic heterocycles. The van der Waals surface area contributed by atoms with E-state index in [1.165, 1.54) is 11.3 Å². The molecule has 0 fully saturated rings. The summed E-state index contributed by atoms with van der Waals surface area (Å²) in [5, 5.41) is 25.4. The monoisotopic (exact) mass is 371 g/mol. The molecule has 1 aliphatic rings. The van der Waals surface area contributed by atoms with Crippen LogP contribution in [0.4, 0.5) is 5.69 Å². The summed E-state index contributed by atoms with van der Waals surface area (Å²) < 4.78 is 0. The molecular weight excluding hydrogens is 350 g/mol. The highest BCUT2D eigenvalue weighted by molar-refractivity contribution is 7.14. The first-order chi connectivity index (χ1) is 12.6. The van der Waals surface area contributed by atoms with Crippen LogP contribution in [0.1, 0.15) is 27.0 Å². The molecule has 2 heterocycles. The highest BCUT2D eigenvalue weighted by atomic mass is 32.1. The fraction of sp³-hybridized carbons (Fsp3) is 0.333. The van der Waals surface area contributed by atoms with E-state index in [9.17, 15) is 4.79 Å². The molecule has 2 aromatic rings. The molecule has 7 nitrogen and oxygen atoms in total. The van der Waals surface area contributed by atoms with Gasteiger partial charge in [0.2, 0.25) is 0 Å². The third-order valence-corrected chi connectivity index (χ3v) is 5.45. The minimum Gasteiger partial charge on any atom is -0.308 e. The highest BCUT2D eigenvalue weighted by Crippen LogP contribution is 2.28. The van der Waals surface area contributed by atoms with Gasteiger partial charge in [-0.15, -0.1) is 11.3 Å². The van der Waals surface area contributed by atoms with Crippen molar-refractivity contribution in [1.29, 1.82) is 5.41 Å². The second-order valence-electron chi connectivity index (χ2n) is 6.23. The largest absolute Gasteiger partial charge is 0.308 e. The summed E-state index contributed by atoms with van der Waals surface area (Å²) in [5.41, 5.74) is 4.08. The van der Waals surface area contributed by atoms with Gasteiger partial charge in [-0.2, -0.15) is 10.2 Å². The lowest BCUT2D eigenvalue weighted by Gasteiger charge is -2.28. The summed E-state index contributed by atoms with van der Waals surface area (Å²) in [5.74, 6) is -0.471. The number of hydrogen-bond donors (Lipinski definition) is 3. The third-order valence-electron chi connectivity index (χ3n) is 4.29. The zero-order chi connectivity index (χ0) is 18.5. The number of nitrogens with one attached hydrogen (secondary N) is 2. The molecule has 1 aliphatic heterocycles. The van der Waals surface area contributed by atoms with E-state index in [0.29, 0.717) is 23.7 Å². The van der Waals surface area contributed by atoms with Crippen LogP contribution < -0.4 is 5.48 Å². The van der Waals surface area contributed by atoms with E-state index < -0.39 is 5.91 Å². The van der Waals surface area contributed by atoms with Gasteiger partial charge in [-0.05, 0) is 37.1 Å². The number of carbonyl (C=O) groups is 1. The molecule has 1 unspecified atom stereocenters. The van der Waals surface area contributed by atoms with Crippen molar-refractivity contribution in [3.8, 4) is 0 Å². The molecular formula is C18H21N5O2S. The fourth-order valence-electron chi connectivity index (χ4n) is 2.83. The normalized spacial score (nSPS) is 15.6. The number of azo groups is 1. The zero-order valence-electron chi connectivity index (χ0n) is 14.5. The van der Waals surface area contributed by atoms with Crippen LogP contribution in [0.5, 0.6) is 0 Å². The lowest BCUT2D eigenvalue weighted by molar-refractivity contribution is 0.0711. The molecule has 3 N–H and O–H groups in total. The van der Waals surface area contributed by atoms with Gasteiger partial charge in [-0.3, -0.25) is 14.9 Å². The number of nitrogens with zero attached hydrogens (tertiary/aromatic N) is 3. The lowest BCUT2D eigenvalue weighted by atomic mass is 10.1. The van der Waals surface area contributed by atoms with Crippen molar-refractivity contribution in [3.63, 3.8) is 0 Å². The Morgan fingerprint density at radius 2 is 2.19 bits per heavy atom. The van der Waals surface area contributed by atoms with Crippen LogP contribution in [0, 0.1) is 5.41 Å². The van der Waals surface area contributed by atoms with Crippen molar-refractivity contribution >= 4 is 28.6 Å². The first-order valence-electron chi connectivity index (χ1n) is 8.36. The zero-order valence-corrected chi connectivity index (χ0v) is 15.3. The van der Waals surface area contributed by atoms with Gasteiger partial charge in [0.15, 0.2) is 0 Å². The average Bonchev–Trinajstić information content (AvgIpc) is 3.08. The topological polar surface area (TPSA) is 101 Å². The van der Waals surface area contributed by atoms with Crippen LogP contribution in [0.15, 0.2) is 46.6 Å². The quantitative estimate of drug-likeness (QED) is 0.314. The van der Waals surface area contributed by atoms with E-state index in [-0.39, 0.29) is 6.04 Å². The summed E-state index contributed by atoms with van der Waals surface area (Å²) in [6.07, 6.45) is 0.837. The Morgan fingerprint density at radius 3 is 2.88 bits per heavy atom. The molecule has 3 rings (SSSR count). The smallest absolute Gasteiger partial charge is 0.284 e. The van der Waals surface area contributed by atoms with E-state index in [1.54, 1.807) is 12.4 Å². The molecule has 0 saturated heterocycles. The van der Waals surface area contributed by atoms with Gasteiger partial charge in [0, 0.05) is 30.2 Å². The maximum absolute atomic E-state index is 11.6. The Hall–Kier alpha value is -2.42. The number of hydroxylamine groups is 1. The Bertz CT molecular complexity index is 818. The molecule has 26 heavy (non-hydrogen) atoms. The van der Waals surface area contributed by atoms with Crippen molar-refractivity contribution in [1.82, 2.24) is 10.4 Å².